The second-order valence-corrected chi connectivity index (χ2v) is 5.85. The molecule has 25 heavy (non-hydrogen) atoms. The van der Waals surface area contributed by atoms with Crippen LogP contribution in [0.3, 0.4) is 0 Å². The predicted molar refractivity (Wildman–Crippen MR) is 97.5 cm³/mol. The van der Waals surface area contributed by atoms with Crippen LogP contribution in [0.15, 0.2) is 42.5 Å². The van der Waals surface area contributed by atoms with E-state index >= 15 is 0 Å². The molecule has 2 aromatic carbocycles. The molecule has 2 rings (SSSR count). The van der Waals surface area contributed by atoms with E-state index < -0.39 is 0 Å². The van der Waals surface area contributed by atoms with Gasteiger partial charge in [-0.1, -0.05) is 31.2 Å². The van der Waals surface area contributed by atoms with Crippen LogP contribution in [0.2, 0.25) is 0 Å². The Morgan fingerprint density at radius 2 is 1.72 bits per heavy atom. The Morgan fingerprint density at radius 3 is 2.40 bits per heavy atom. The summed E-state index contributed by atoms with van der Waals surface area (Å²) in [6, 6.07) is 13.1. The average Bonchev–Trinajstić information content (AvgIpc) is 2.63. The number of nitrogens with one attached hydrogen (secondary N) is 2. The number of hydrazine groups is 1. The topological polar surface area (TPSA) is 67.4 Å². The van der Waals surface area contributed by atoms with E-state index in [9.17, 15) is 9.59 Å². The summed E-state index contributed by atoms with van der Waals surface area (Å²) in [5.74, 6) is 0.128. The van der Waals surface area contributed by atoms with Crippen molar-refractivity contribution in [3.8, 4) is 5.75 Å². The number of rotatable bonds is 6. The summed E-state index contributed by atoms with van der Waals surface area (Å²) in [4.78, 5) is 23.8. The van der Waals surface area contributed by atoms with E-state index in [-0.39, 0.29) is 24.8 Å². The van der Waals surface area contributed by atoms with Crippen molar-refractivity contribution >= 4 is 11.8 Å². The zero-order valence-corrected chi connectivity index (χ0v) is 14.9. The average molecular weight is 340 g/mol. The van der Waals surface area contributed by atoms with E-state index in [0.717, 1.165) is 28.9 Å². The van der Waals surface area contributed by atoms with E-state index in [4.69, 9.17) is 4.74 Å². The van der Waals surface area contributed by atoms with Crippen molar-refractivity contribution in [1.82, 2.24) is 10.9 Å². The number of hydrogen-bond acceptors (Lipinski definition) is 3. The van der Waals surface area contributed by atoms with Crippen LogP contribution < -0.4 is 15.6 Å². The van der Waals surface area contributed by atoms with E-state index in [1.165, 1.54) is 0 Å². The van der Waals surface area contributed by atoms with Crippen LogP contribution in [0.25, 0.3) is 0 Å². The minimum absolute atomic E-state index is 0.155. The number of amides is 2. The van der Waals surface area contributed by atoms with Gasteiger partial charge in [-0.25, -0.2) is 0 Å². The van der Waals surface area contributed by atoms with Crippen LogP contribution >= 0.6 is 0 Å². The lowest BCUT2D eigenvalue weighted by molar-refractivity contribution is -0.122. The van der Waals surface area contributed by atoms with Crippen molar-refractivity contribution in [2.75, 3.05) is 6.61 Å². The molecule has 0 bridgehead atoms. The van der Waals surface area contributed by atoms with E-state index in [0.29, 0.717) is 5.56 Å². The summed E-state index contributed by atoms with van der Waals surface area (Å²) in [6.45, 7) is 6.29. The summed E-state index contributed by atoms with van der Waals surface area (Å²) in [6.07, 6.45) is 1.07. The molecule has 2 amide bonds. The molecule has 0 fully saturated rings. The number of hydrogen-bond donors (Lipinski definition) is 2. The maximum absolute atomic E-state index is 12.0. The van der Waals surface area contributed by atoms with Gasteiger partial charge in [-0.05, 0) is 55.2 Å². The summed E-state index contributed by atoms with van der Waals surface area (Å²) >= 11 is 0. The van der Waals surface area contributed by atoms with Crippen molar-refractivity contribution in [3.05, 3.63) is 64.7 Å². The SMILES string of the molecule is CCc1ccc(C(=O)NNC(=O)CCOc2cccc(C)c2C)cc1. The largest absolute Gasteiger partial charge is 0.493 e. The first-order chi connectivity index (χ1) is 12.0. The smallest absolute Gasteiger partial charge is 0.269 e. The molecule has 0 aliphatic heterocycles. The molecule has 0 aliphatic rings. The first kappa shape index (κ1) is 18.5. The zero-order valence-electron chi connectivity index (χ0n) is 14.9. The van der Waals surface area contributed by atoms with Gasteiger partial charge in [0.15, 0.2) is 0 Å². The van der Waals surface area contributed by atoms with Crippen molar-refractivity contribution in [3.63, 3.8) is 0 Å². The highest BCUT2D eigenvalue weighted by molar-refractivity contribution is 5.95. The lowest BCUT2D eigenvalue weighted by atomic mass is 10.1. The molecule has 5 heteroatoms. The number of carbonyl (C=O) groups excluding carboxylic acids is 2. The van der Waals surface area contributed by atoms with Gasteiger partial charge in [0.05, 0.1) is 13.0 Å². The van der Waals surface area contributed by atoms with Gasteiger partial charge in [-0.2, -0.15) is 0 Å². The van der Waals surface area contributed by atoms with Crippen LogP contribution in [0.5, 0.6) is 5.75 Å². The second kappa shape index (κ2) is 8.87. The third kappa shape index (κ3) is 5.35. The lowest BCUT2D eigenvalue weighted by Gasteiger charge is -2.11. The predicted octanol–water partition coefficient (Wildman–Crippen LogP) is 3.10. The maximum atomic E-state index is 12.0. The molecule has 2 aromatic rings. The van der Waals surface area contributed by atoms with Crippen LogP contribution in [0.1, 0.15) is 40.4 Å². The fourth-order valence-corrected chi connectivity index (χ4v) is 2.29. The minimum Gasteiger partial charge on any atom is -0.493 e. The van der Waals surface area contributed by atoms with Gasteiger partial charge in [0.1, 0.15) is 5.75 Å². The summed E-state index contributed by atoms with van der Waals surface area (Å²) < 4.78 is 5.63. The standard InChI is InChI=1S/C20H24N2O3/c1-4-16-8-10-17(11-9-16)20(24)22-21-19(23)12-13-25-18-7-5-6-14(2)15(18)3/h5-11H,4,12-13H2,1-3H3,(H,21,23)(H,22,24). The Morgan fingerprint density at radius 1 is 1.00 bits per heavy atom. The Labute approximate surface area is 148 Å². The Bertz CT molecular complexity index is 739. The number of benzene rings is 2. The van der Waals surface area contributed by atoms with Crippen molar-refractivity contribution in [2.45, 2.75) is 33.6 Å². The molecule has 5 nitrogen and oxygen atoms in total. The molecule has 0 saturated heterocycles. The molecule has 2 N–H and O–H groups in total. The van der Waals surface area contributed by atoms with Crippen LogP contribution in [0.4, 0.5) is 0 Å². The normalized spacial score (nSPS) is 10.2. The Kier molecular flexibility index (Phi) is 6.57. The molecular formula is C20H24N2O3. The number of aryl methyl sites for hydroxylation is 2. The molecule has 132 valence electrons. The van der Waals surface area contributed by atoms with Crippen LogP contribution in [-0.2, 0) is 11.2 Å². The maximum Gasteiger partial charge on any atom is 0.269 e. The quantitative estimate of drug-likeness (QED) is 0.794. The summed E-state index contributed by atoms with van der Waals surface area (Å²) in [7, 11) is 0. The van der Waals surface area contributed by atoms with Gasteiger partial charge in [0.2, 0.25) is 5.91 Å². The highest BCUT2D eigenvalue weighted by atomic mass is 16.5. The van der Waals surface area contributed by atoms with E-state index in [1.807, 2.05) is 44.2 Å². The van der Waals surface area contributed by atoms with E-state index in [1.54, 1.807) is 12.1 Å². The molecule has 0 unspecified atom stereocenters. The summed E-state index contributed by atoms with van der Waals surface area (Å²) in [5, 5.41) is 0. The van der Waals surface area contributed by atoms with Gasteiger partial charge in [0.25, 0.3) is 5.91 Å². The highest BCUT2D eigenvalue weighted by Crippen LogP contribution is 2.20. The third-order valence-electron chi connectivity index (χ3n) is 4.08. The van der Waals surface area contributed by atoms with Crippen LogP contribution in [0, 0.1) is 13.8 Å². The highest BCUT2D eigenvalue weighted by Gasteiger charge is 2.08. The number of ether oxygens (including phenoxy) is 1. The minimum atomic E-state index is -0.341. The van der Waals surface area contributed by atoms with Gasteiger partial charge < -0.3 is 4.74 Å². The molecule has 0 saturated carbocycles. The van der Waals surface area contributed by atoms with Crippen LogP contribution in [-0.4, -0.2) is 18.4 Å². The molecule has 0 atom stereocenters. The Balaban J connectivity index is 1.74. The molecule has 0 aromatic heterocycles. The van der Waals surface area contributed by atoms with Gasteiger partial charge >= 0.3 is 0 Å². The van der Waals surface area contributed by atoms with Gasteiger partial charge in [0, 0.05) is 5.56 Å². The Hall–Kier alpha value is -2.82. The first-order valence-corrected chi connectivity index (χ1v) is 8.38. The molecule has 0 aliphatic carbocycles. The molecule has 0 heterocycles. The first-order valence-electron chi connectivity index (χ1n) is 8.38. The van der Waals surface area contributed by atoms with Gasteiger partial charge in [-0.3, -0.25) is 20.4 Å². The van der Waals surface area contributed by atoms with E-state index in [2.05, 4.69) is 17.8 Å². The molecule has 0 radical (unpaired) electrons. The molecular weight excluding hydrogens is 316 g/mol. The fourth-order valence-electron chi connectivity index (χ4n) is 2.29. The molecule has 0 spiro atoms. The zero-order chi connectivity index (χ0) is 18.2. The van der Waals surface area contributed by atoms with Gasteiger partial charge in [-0.15, -0.1) is 0 Å². The number of carbonyl (C=O) groups is 2. The monoisotopic (exact) mass is 340 g/mol. The fraction of sp³-hybridized carbons (Fsp3) is 0.300. The third-order valence-corrected chi connectivity index (χ3v) is 4.08. The van der Waals surface area contributed by atoms with Crippen molar-refractivity contribution in [2.24, 2.45) is 0 Å². The summed E-state index contributed by atoms with van der Waals surface area (Å²) in [5.41, 5.74) is 8.68. The van der Waals surface area contributed by atoms with Crippen molar-refractivity contribution < 1.29 is 14.3 Å². The lowest BCUT2D eigenvalue weighted by Crippen LogP contribution is -2.42. The van der Waals surface area contributed by atoms with Crippen molar-refractivity contribution in [1.29, 1.82) is 0 Å². The second-order valence-electron chi connectivity index (χ2n) is 5.85.